The van der Waals surface area contributed by atoms with Crippen molar-refractivity contribution in [3.8, 4) is 0 Å². The standard InChI is InChI=1S/C7H10N4O/c1-2-10-7(12)5-3-9-4-6(8)11-5/h3-4H,2H2,1H3,(H2,8,11)(H,10,12). The van der Waals surface area contributed by atoms with E-state index >= 15 is 0 Å². The summed E-state index contributed by atoms with van der Waals surface area (Å²) in [6.07, 6.45) is 2.77. The van der Waals surface area contributed by atoms with Crippen LogP contribution in [0.3, 0.4) is 0 Å². The lowest BCUT2D eigenvalue weighted by Crippen LogP contribution is -2.24. The first-order valence-electron chi connectivity index (χ1n) is 3.59. The van der Waals surface area contributed by atoms with Crippen LogP contribution < -0.4 is 11.1 Å². The monoisotopic (exact) mass is 166 g/mol. The number of nitrogens with one attached hydrogen (secondary N) is 1. The molecule has 0 saturated carbocycles. The molecule has 0 bridgehead atoms. The molecule has 5 heteroatoms. The van der Waals surface area contributed by atoms with Gasteiger partial charge in [0, 0.05) is 6.54 Å². The largest absolute Gasteiger partial charge is 0.382 e. The molecule has 3 N–H and O–H groups in total. The quantitative estimate of drug-likeness (QED) is 0.638. The van der Waals surface area contributed by atoms with Crippen LogP contribution in [0.15, 0.2) is 12.4 Å². The summed E-state index contributed by atoms with van der Waals surface area (Å²) in [4.78, 5) is 18.7. The van der Waals surface area contributed by atoms with Crippen molar-refractivity contribution in [3.05, 3.63) is 18.1 Å². The maximum Gasteiger partial charge on any atom is 0.271 e. The number of nitrogens with two attached hydrogens (primary N) is 1. The number of hydrogen-bond donors (Lipinski definition) is 2. The third-order valence-electron chi connectivity index (χ3n) is 1.22. The molecular weight excluding hydrogens is 156 g/mol. The summed E-state index contributed by atoms with van der Waals surface area (Å²) in [7, 11) is 0. The molecule has 0 aliphatic heterocycles. The Balaban J connectivity index is 2.81. The number of anilines is 1. The number of carbonyl (C=O) groups is 1. The van der Waals surface area contributed by atoms with E-state index in [2.05, 4.69) is 15.3 Å². The maximum absolute atomic E-state index is 11.1. The van der Waals surface area contributed by atoms with Crippen molar-refractivity contribution in [3.63, 3.8) is 0 Å². The molecule has 0 atom stereocenters. The molecule has 12 heavy (non-hydrogen) atoms. The summed E-state index contributed by atoms with van der Waals surface area (Å²) < 4.78 is 0. The first-order valence-corrected chi connectivity index (χ1v) is 3.59. The number of hydrogen-bond acceptors (Lipinski definition) is 4. The van der Waals surface area contributed by atoms with Crippen LogP contribution in [0.4, 0.5) is 5.82 Å². The van der Waals surface area contributed by atoms with E-state index in [0.29, 0.717) is 6.54 Å². The lowest BCUT2D eigenvalue weighted by molar-refractivity contribution is 0.0950. The van der Waals surface area contributed by atoms with Gasteiger partial charge in [-0.15, -0.1) is 0 Å². The number of aromatic nitrogens is 2. The molecule has 0 aromatic carbocycles. The van der Waals surface area contributed by atoms with Gasteiger partial charge in [0.2, 0.25) is 0 Å². The predicted octanol–water partition coefficient (Wildman–Crippen LogP) is -0.192. The molecule has 64 valence electrons. The highest BCUT2D eigenvalue weighted by Gasteiger charge is 2.05. The molecule has 1 amide bonds. The average Bonchev–Trinajstić information content (AvgIpc) is 2.05. The molecule has 0 unspecified atom stereocenters. The van der Waals surface area contributed by atoms with Crippen LogP contribution in [0.5, 0.6) is 0 Å². The zero-order valence-corrected chi connectivity index (χ0v) is 6.74. The molecule has 0 spiro atoms. The van der Waals surface area contributed by atoms with Crippen molar-refractivity contribution in [1.82, 2.24) is 15.3 Å². The van der Waals surface area contributed by atoms with Gasteiger partial charge in [0.15, 0.2) is 0 Å². The number of nitrogen functional groups attached to an aromatic ring is 1. The molecule has 1 aromatic rings. The van der Waals surface area contributed by atoms with E-state index in [0.717, 1.165) is 0 Å². The maximum atomic E-state index is 11.1. The van der Waals surface area contributed by atoms with Crippen LogP contribution in [0.25, 0.3) is 0 Å². The third kappa shape index (κ3) is 1.91. The van der Waals surface area contributed by atoms with Crippen molar-refractivity contribution in [1.29, 1.82) is 0 Å². The molecule has 0 fully saturated rings. The van der Waals surface area contributed by atoms with Gasteiger partial charge in [0.25, 0.3) is 5.91 Å². The Bertz CT molecular complexity index is 286. The molecule has 0 radical (unpaired) electrons. The molecule has 1 aromatic heterocycles. The molecule has 0 saturated heterocycles. The van der Waals surface area contributed by atoms with E-state index in [-0.39, 0.29) is 17.4 Å². The zero-order valence-electron chi connectivity index (χ0n) is 6.74. The van der Waals surface area contributed by atoms with Crippen LogP contribution in [0.2, 0.25) is 0 Å². The third-order valence-corrected chi connectivity index (χ3v) is 1.22. The fourth-order valence-corrected chi connectivity index (χ4v) is 0.742. The van der Waals surface area contributed by atoms with Gasteiger partial charge in [-0.2, -0.15) is 0 Å². The zero-order chi connectivity index (χ0) is 8.97. The van der Waals surface area contributed by atoms with Gasteiger partial charge in [0.05, 0.1) is 12.4 Å². The second kappa shape index (κ2) is 3.66. The highest BCUT2D eigenvalue weighted by molar-refractivity contribution is 5.92. The van der Waals surface area contributed by atoms with E-state index in [1.807, 2.05) is 6.92 Å². The number of amides is 1. The first-order chi connectivity index (χ1) is 5.74. The Morgan fingerprint density at radius 3 is 3.00 bits per heavy atom. The highest BCUT2D eigenvalue weighted by Crippen LogP contribution is 1.96. The second-order valence-electron chi connectivity index (χ2n) is 2.19. The van der Waals surface area contributed by atoms with Gasteiger partial charge >= 0.3 is 0 Å². The fourth-order valence-electron chi connectivity index (χ4n) is 0.742. The van der Waals surface area contributed by atoms with Crippen LogP contribution >= 0.6 is 0 Å². The van der Waals surface area contributed by atoms with Crippen LogP contribution in [0.1, 0.15) is 17.4 Å². The van der Waals surface area contributed by atoms with Gasteiger partial charge < -0.3 is 11.1 Å². The summed E-state index contributed by atoms with van der Waals surface area (Å²) in [6, 6.07) is 0. The molecule has 5 nitrogen and oxygen atoms in total. The fraction of sp³-hybridized carbons (Fsp3) is 0.286. The summed E-state index contributed by atoms with van der Waals surface area (Å²) >= 11 is 0. The lowest BCUT2D eigenvalue weighted by Gasteiger charge is -2.00. The number of carbonyl (C=O) groups excluding carboxylic acids is 1. The van der Waals surface area contributed by atoms with Crippen molar-refractivity contribution >= 4 is 11.7 Å². The molecular formula is C7H10N4O. The van der Waals surface area contributed by atoms with E-state index in [9.17, 15) is 4.79 Å². The number of rotatable bonds is 2. The van der Waals surface area contributed by atoms with Crippen molar-refractivity contribution in [2.75, 3.05) is 12.3 Å². The smallest absolute Gasteiger partial charge is 0.271 e. The van der Waals surface area contributed by atoms with Gasteiger partial charge in [0.1, 0.15) is 11.5 Å². The normalized spacial score (nSPS) is 9.42. The Morgan fingerprint density at radius 1 is 1.67 bits per heavy atom. The van der Waals surface area contributed by atoms with Gasteiger partial charge in [-0.05, 0) is 6.92 Å². The molecule has 1 heterocycles. The van der Waals surface area contributed by atoms with Crippen molar-refractivity contribution in [2.45, 2.75) is 6.92 Å². The predicted molar refractivity (Wildman–Crippen MR) is 44.5 cm³/mol. The highest BCUT2D eigenvalue weighted by atomic mass is 16.1. The Kier molecular flexibility index (Phi) is 2.57. The van der Waals surface area contributed by atoms with Crippen LogP contribution in [-0.2, 0) is 0 Å². The minimum absolute atomic E-state index is 0.247. The van der Waals surface area contributed by atoms with Gasteiger partial charge in [-0.1, -0.05) is 0 Å². The Labute approximate surface area is 70.0 Å². The topological polar surface area (TPSA) is 80.9 Å². The Hall–Kier alpha value is -1.65. The summed E-state index contributed by atoms with van der Waals surface area (Å²) in [5.41, 5.74) is 5.59. The van der Waals surface area contributed by atoms with Crippen LogP contribution in [0, 0.1) is 0 Å². The van der Waals surface area contributed by atoms with E-state index in [1.165, 1.54) is 12.4 Å². The van der Waals surface area contributed by atoms with Crippen LogP contribution in [-0.4, -0.2) is 22.4 Å². The SMILES string of the molecule is CCNC(=O)c1cncc(N)n1. The minimum atomic E-state index is -0.252. The first kappa shape index (κ1) is 8.45. The average molecular weight is 166 g/mol. The van der Waals surface area contributed by atoms with Gasteiger partial charge in [-0.25, -0.2) is 4.98 Å². The minimum Gasteiger partial charge on any atom is -0.382 e. The summed E-state index contributed by atoms with van der Waals surface area (Å²) in [5, 5.41) is 2.59. The molecule has 0 aliphatic rings. The number of nitrogens with zero attached hydrogens (tertiary/aromatic N) is 2. The summed E-state index contributed by atoms with van der Waals surface area (Å²) in [6.45, 7) is 2.40. The summed E-state index contributed by atoms with van der Waals surface area (Å²) in [5.74, 6) is -0.00365. The van der Waals surface area contributed by atoms with Gasteiger partial charge in [-0.3, -0.25) is 9.78 Å². The van der Waals surface area contributed by atoms with E-state index in [1.54, 1.807) is 0 Å². The van der Waals surface area contributed by atoms with Crippen molar-refractivity contribution < 1.29 is 4.79 Å². The second-order valence-corrected chi connectivity index (χ2v) is 2.19. The van der Waals surface area contributed by atoms with E-state index in [4.69, 9.17) is 5.73 Å². The van der Waals surface area contributed by atoms with Crippen molar-refractivity contribution in [2.24, 2.45) is 0 Å². The molecule has 1 rings (SSSR count). The Morgan fingerprint density at radius 2 is 2.42 bits per heavy atom. The lowest BCUT2D eigenvalue weighted by atomic mass is 10.4. The molecule has 0 aliphatic carbocycles. The van der Waals surface area contributed by atoms with E-state index < -0.39 is 0 Å².